The Morgan fingerprint density at radius 1 is 0.654 bits per heavy atom. The number of ether oxygens (including phenoxy) is 1. The summed E-state index contributed by atoms with van der Waals surface area (Å²) in [4.78, 5) is 0. The molecule has 0 saturated heterocycles. The van der Waals surface area contributed by atoms with Crippen molar-refractivity contribution in [1.82, 2.24) is 0 Å². The largest absolute Gasteiger partial charge is 0.378 e. The SMILES string of the molecule is CCCCO[C@@H]1CCC[C@H](C2CCC([C@H]3CC[C@H](CCC)CC3)CC2)C1. The minimum absolute atomic E-state index is 0.590. The average molecular weight is 363 g/mol. The first kappa shape index (κ1) is 20.7. The molecule has 0 radical (unpaired) electrons. The van der Waals surface area contributed by atoms with Crippen molar-refractivity contribution in [1.29, 1.82) is 0 Å². The van der Waals surface area contributed by atoms with Crippen LogP contribution in [0.1, 0.15) is 117 Å². The normalized spacial score (nSPS) is 39.0. The standard InChI is InChI=1S/C25H46O/c1-3-5-18-26-25-9-6-8-24(19-25)23-16-14-22(15-17-23)21-12-10-20(7-4-2)11-13-21/h20-25H,3-19H2,1-2H3/t20-,21-,22?,23?,24-,25+/m0/s1. The van der Waals surface area contributed by atoms with Gasteiger partial charge in [0.2, 0.25) is 0 Å². The zero-order valence-corrected chi connectivity index (χ0v) is 17.9. The fourth-order valence-corrected chi connectivity index (χ4v) is 6.60. The van der Waals surface area contributed by atoms with Gasteiger partial charge < -0.3 is 4.74 Å². The summed E-state index contributed by atoms with van der Waals surface area (Å²) in [6.45, 7) is 5.63. The summed E-state index contributed by atoms with van der Waals surface area (Å²) in [5.41, 5.74) is 0. The molecular weight excluding hydrogens is 316 g/mol. The average Bonchev–Trinajstić information content (AvgIpc) is 2.70. The molecule has 0 N–H and O–H groups in total. The lowest BCUT2D eigenvalue weighted by Crippen LogP contribution is -2.32. The minimum Gasteiger partial charge on any atom is -0.378 e. The molecule has 3 fully saturated rings. The first-order valence-corrected chi connectivity index (χ1v) is 12.4. The number of hydrogen-bond acceptors (Lipinski definition) is 1. The lowest BCUT2D eigenvalue weighted by molar-refractivity contribution is -0.00500. The Hall–Kier alpha value is -0.0400. The maximum Gasteiger partial charge on any atom is 0.0577 e. The third-order valence-electron chi connectivity index (χ3n) is 8.26. The lowest BCUT2D eigenvalue weighted by Gasteiger charge is -2.41. The van der Waals surface area contributed by atoms with Crippen LogP contribution in [-0.4, -0.2) is 12.7 Å². The molecule has 0 aromatic rings. The number of rotatable bonds is 8. The van der Waals surface area contributed by atoms with E-state index in [-0.39, 0.29) is 0 Å². The Balaban J connectivity index is 1.37. The molecule has 0 aliphatic heterocycles. The Morgan fingerprint density at radius 3 is 1.88 bits per heavy atom. The minimum atomic E-state index is 0.590. The van der Waals surface area contributed by atoms with Gasteiger partial charge in [-0.1, -0.05) is 52.4 Å². The van der Waals surface area contributed by atoms with Crippen molar-refractivity contribution in [2.75, 3.05) is 6.61 Å². The Morgan fingerprint density at radius 2 is 1.27 bits per heavy atom. The van der Waals surface area contributed by atoms with Gasteiger partial charge >= 0.3 is 0 Å². The second kappa shape index (κ2) is 11.1. The van der Waals surface area contributed by atoms with Crippen LogP contribution in [0.5, 0.6) is 0 Å². The third-order valence-corrected chi connectivity index (χ3v) is 8.26. The molecule has 152 valence electrons. The van der Waals surface area contributed by atoms with Gasteiger partial charge in [-0.2, -0.15) is 0 Å². The Bertz CT molecular complexity index is 362. The van der Waals surface area contributed by atoms with Crippen molar-refractivity contribution in [2.45, 2.75) is 123 Å². The van der Waals surface area contributed by atoms with Crippen LogP contribution in [0.4, 0.5) is 0 Å². The molecule has 26 heavy (non-hydrogen) atoms. The summed E-state index contributed by atoms with van der Waals surface area (Å²) in [6.07, 6.45) is 23.9. The fraction of sp³-hybridized carbons (Fsp3) is 1.00. The molecule has 0 aromatic carbocycles. The monoisotopic (exact) mass is 362 g/mol. The van der Waals surface area contributed by atoms with E-state index in [0.717, 1.165) is 36.2 Å². The highest BCUT2D eigenvalue weighted by Crippen LogP contribution is 2.45. The molecule has 1 heteroatoms. The van der Waals surface area contributed by atoms with Crippen molar-refractivity contribution in [3.05, 3.63) is 0 Å². The topological polar surface area (TPSA) is 9.23 Å². The van der Waals surface area contributed by atoms with Gasteiger partial charge in [0.1, 0.15) is 0 Å². The first-order chi connectivity index (χ1) is 12.8. The van der Waals surface area contributed by atoms with Crippen molar-refractivity contribution in [2.24, 2.45) is 29.6 Å². The van der Waals surface area contributed by atoms with Crippen LogP contribution < -0.4 is 0 Å². The molecule has 0 aromatic heterocycles. The zero-order chi connectivity index (χ0) is 18.2. The van der Waals surface area contributed by atoms with Crippen molar-refractivity contribution < 1.29 is 4.74 Å². The molecule has 2 atom stereocenters. The molecule has 0 amide bonds. The molecule has 3 aliphatic rings. The molecule has 3 rings (SSSR count). The van der Waals surface area contributed by atoms with Crippen LogP contribution >= 0.6 is 0 Å². The lowest BCUT2D eigenvalue weighted by atomic mass is 9.65. The van der Waals surface area contributed by atoms with E-state index in [1.807, 2.05) is 0 Å². The van der Waals surface area contributed by atoms with E-state index < -0.39 is 0 Å². The van der Waals surface area contributed by atoms with E-state index in [4.69, 9.17) is 4.74 Å². The van der Waals surface area contributed by atoms with E-state index in [0.29, 0.717) is 6.10 Å². The van der Waals surface area contributed by atoms with Crippen LogP contribution in [-0.2, 0) is 4.74 Å². The van der Waals surface area contributed by atoms with Gasteiger partial charge in [-0.3, -0.25) is 0 Å². The van der Waals surface area contributed by atoms with Crippen molar-refractivity contribution >= 4 is 0 Å². The summed E-state index contributed by atoms with van der Waals surface area (Å²) < 4.78 is 6.19. The third kappa shape index (κ3) is 5.98. The highest BCUT2D eigenvalue weighted by Gasteiger charge is 2.35. The van der Waals surface area contributed by atoms with Gasteiger partial charge in [0.05, 0.1) is 6.10 Å². The molecule has 0 heterocycles. The second-order valence-electron chi connectivity index (χ2n) is 10.0. The zero-order valence-electron chi connectivity index (χ0n) is 17.9. The second-order valence-corrected chi connectivity index (χ2v) is 10.0. The van der Waals surface area contributed by atoms with E-state index in [2.05, 4.69) is 13.8 Å². The maximum absolute atomic E-state index is 6.19. The molecule has 3 saturated carbocycles. The molecule has 0 bridgehead atoms. The van der Waals surface area contributed by atoms with Gasteiger partial charge in [0.15, 0.2) is 0 Å². The number of hydrogen-bond donors (Lipinski definition) is 0. The maximum atomic E-state index is 6.19. The molecular formula is C25H46O. The predicted octanol–water partition coefficient (Wildman–Crippen LogP) is 7.77. The molecule has 0 unspecified atom stereocenters. The summed E-state index contributed by atoms with van der Waals surface area (Å²) >= 11 is 0. The summed E-state index contributed by atoms with van der Waals surface area (Å²) in [5, 5.41) is 0. The summed E-state index contributed by atoms with van der Waals surface area (Å²) in [7, 11) is 0. The van der Waals surface area contributed by atoms with Gasteiger partial charge in [-0.25, -0.2) is 0 Å². The van der Waals surface area contributed by atoms with Gasteiger partial charge in [0.25, 0.3) is 0 Å². The first-order valence-electron chi connectivity index (χ1n) is 12.4. The van der Waals surface area contributed by atoms with Gasteiger partial charge in [-0.15, -0.1) is 0 Å². The smallest absolute Gasteiger partial charge is 0.0577 e. The molecule has 3 aliphatic carbocycles. The van der Waals surface area contributed by atoms with Crippen LogP contribution in [0.2, 0.25) is 0 Å². The van der Waals surface area contributed by atoms with Crippen LogP contribution in [0.25, 0.3) is 0 Å². The van der Waals surface area contributed by atoms with Gasteiger partial charge in [0, 0.05) is 6.61 Å². The molecule has 1 nitrogen and oxygen atoms in total. The van der Waals surface area contributed by atoms with E-state index >= 15 is 0 Å². The van der Waals surface area contributed by atoms with E-state index in [1.165, 1.54) is 77.0 Å². The highest BCUT2D eigenvalue weighted by molar-refractivity contribution is 4.86. The quantitative estimate of drug-likeness (QED) is 0.401. The van der Waals surface area contributed by atoms with E-state index in [9.17, 15) is 0 Å². The Kier molecular flexibility index (Phi) is 8.82. The van der Waals surface area contributed by atoms with Crippen LogP contribution in [0.3, 0.4) is 0 Å². The highest BCUT2D eigenvalue weighted by atomic mass is 16.5. The van der Waals surface area contributed by atoms with Crippen LogP contribution in [0, 0.1) is 29.6 Å². The fourth-order valence-electron chi connectivity index (χ4n) is 6.60. The predicted molar refractivity (Wildman–Crippen MR) is 112 cm³/mol. The summed E-state index contributed by atoms with van der Waals surface area (Å²) in [6, 6.07) is 0. The van der Waals surface area contributed by atoms with Crippen molar-refractivity contribution in [3.8, 4) is 0 Å². The summed E-state index contributed by atoms with van der Waals surface area (Å²) in [5.74, 6) is 5.24. The van der Waals surface area contributed by atoms with Crippen LogP contribution in [0.15, 0.2) is 0 Å². The Labute approximate surface area is 164 Å². The van der Waals surface area contributed by atoms with Crippen molar-refractivity contribution in [3.63, 3.8) is 0 Å². The number of unbranched alkanes of at least 4 members (excludes halogenated alkanes) is 1. The van der Waals surface area contributed by atoms with E-state index in [1.54, 1.807) is 25.7 Å². The molecule has 0 spiro atoms. The van der Waals surface area contributed by atoms with Gasteiger partial charge in [-0.05, 0) is 93.8 Å².